The van der Waals surface area contributed by atoms with E-state index in [1.165, 1.54) is 12.8 Å². The lowest BCUT2D eigenvalue weighted by atomic mass is 10.2. The summed E-state index contributed by atoms with van der Waals surface area (Å²) in [5.41, 5.74) is 0.749. The molecule has 0 bridgehead atoms. The van der Waals surface area contributed by atoms with E-state index in [4.69, 9.17) is 23.2 Å². The first-order valence-electron chi connectivity index (χ1n) is 5.49. The lowest BCUT2D eigenvalue weighted by molar-refractivity contribution is 0.464. The Hall–Kier alpha value is -0.0900. The van der Waals surface area contributed by atoms with Crippen molar-refractivity contribution < 1.29 is 5.11 Å². The van der Waals surface area contributed by atoms with E-state index in [2.05, 4.69) is 11.6 Å². The zero-order valence-electron chi connectivity index (χ0n) is 9.59. The zero-order valence-corrected chi connectivity index (χ0v) is 11.9. The van der Waals surface area contributed by atoms with Crippen LogP contribution >= 0.6 is 35.0 Å². The average Bonchev–Trinajstić information content (AvgIpc) is 3.06. The number of thioether (sulfide) groups is 1. The van der Waals surface area contributed by atoms with E-state index in [0.717, 1.165) is 12.1 Å². The molecule has 1 aromatic carbocycles. The normalized spacial score (nSPS) is 17.1. The van der Waals surface area contributed by atoms with Gasteiger partial charge in [0.05, 0.1) is 5.02 Å². The van der Waals surface area contributed by atoms with Crippen molar-refractivity contribution in [1.82, 2.24) is 5.32 Å². The second-order valence-electron chi connectivity index (χ2n) is 4.39. The van der Waals surface area contributed by atoms with Crippen molar-refractivity contribution in [2.45, 2.75) is 24.1 Å². The summed E-state index contributed by atoms with van der Waals surface area (Å²) in [5.74, 6) is 0.123. The Morgan fingerprint density at radius 3 is 2.71 bits per heavy atom. The molecule has 0 unspecified atom stereocenters. The average molecular weight is 292 g/mol. The molecule has 2 N–H and O–H groups in total. The van der Waals surface area contributed by atoms with Crippen molar-refractivity contribution >= 4 is 35.0 Å². The van der Waals surface area contributed by atoms with Gasteiger partial charge in [0.1, 0.15) is 5.75 Å². The van der Waals surface area contributed by atoms with Crippen molar-refractivity contribution in [2.75, 3.05) is 12.8 Å². The quantitative estimate of drug-likeness (QED) is 0.868. The molecule has 0 amide bonds. The molecular weight excluding hydrogens is 277 g/mol. The predicted molar refractivity (Wildman–Crippen MR) is 75.3 cm³/mol. The molecule has 2 nitrogen and oxygen atoms in total. The van der Waals surface area contributed by atoms with Crippen molar-refractivity contribution in [3.8, 4) is 5.75 Å². The smallest absolute Gasteiger partial charge is 0.138 e. The van der Waals surface area contributed by atoms with Crippen LogP contribution in [0.5, 0.6) is 5.75 Å². The van der Waals surface area contributed by atoms with E-state index < -0.39 is 0 Å². The molecule has 1 saturated carbocycles. The molecule has 94 valence electrons. The Bertz CT molecular complexity index is 421. The summed E-state index contributed by atoms with van der Waals surface area (Å²) in [5, 5.41) is 14.0. The van der Waals surface area contributed by atoms with E-state index in [9.17, 15) is 5.11 Å². The van der Waals surface area contributed by atoms with Gasteiger partial charge in [0.15, 0.2) is 0 Å². The fourth-order valence-electron chi connectivity index (χ4n) is 1.77. The first-order chi connectivity index (χ1) is 8.06. The topological polar surface area (TPSA) is 32.3 Å². The van der Waals surface area contributed by atoms with E-state index in [1.54, 1.807) is 12.1 Å². The van der Waals surface area contributed by atoms with Crippen molar-refractivity contribution in [1.29, 1.82) is 0 Å². The maximum Gasteiger partial charge on any atom is 0.138 e. The first-order valence-corrected chi connectivity index (χ1v) is 7.47. The summed E-state index contributed by atoms with van der Waals surface area (Å²) in [6, 6.07) is 3.29. The minimum Gasteiger partial charge on any atom is -0.506 e. The molecule has 5 heteroatoms. The Labute approximate surface area is 116 Å². The standard InChI is InChI=1S/C12H15Cl2NOS/c1-17-12(2-3-12)7-15-6-8-4-9(13)5-10(14)11(8)16/h4-5,15-16H,2-3,6-7H2,1H3. The molecule has 1 aliphatic rings. The third kappa shape index (κ3) is 3.22. The van der Waals surface area contributed by atoms with Gasteiger partial charge in [-0.1, -0.05) is 23.2 Å². The number of phenolic OH excluding ortho intramolecular Hbond substituents is 1. The summed E-state index contributed by atoms with van der Waals surface area (Å²) >= 11 is 13.7. The summed E-state index contributed by atoms with van der Waals surface area (Å²) in [7, 11) is 0. The molecule has 0 heterocycles. The Morgan fingerprint density at radius 2 is 2.12 bits per heavy atom. The second-order valence-corrected chi connectivity index (χ2v) is 6.50. The first kappa shape index (κ1) is 13.3. The molecule has 0 saturated heterocycles. The molecule has 1 aliphatic carbocycles. The number of rotatable bonds is 5. The number of hydrogen-bond acceptors (Lipinski definition) is 3. The molecule has 0 radical (unpaired) electrons. The lowest BCUT2D eigenvalue weighted by Gasteiger charge is -2.14. The minimum atomic E-state index is 0.123. The lowest BCUT2D eigenvalue weighted by Crippen LogP contribution is -2.25. The highest BCUT2D eigenvalue weighted by molar-refractivity contribution is 8.00. The molecule has 1 fully saturated rings. The zero-order chi connectivity index (χ0) is 12.5. The Kier molecular flexibility index (Phi) is 4.14. The monoisotopic (exact) mass is 291 g/mol. The van der Waals surface area contributed by atoms with Gasteiger partial charge in [-0.15, -0.1) is 0 Å². The van der Waals surface area contributed by atoms with Crippen LogP contribution < -0.4 is 5.32 Å². The van der Waals surface area contributed by atoms with Crippen LogP contribution in [-0.2, 0) is 6.54 Å². The van der Waals surface area contributed by atoms with Gasteiger partial charge in [-0.05, 0) is 31.2 Å². The van der Waals surface area contributed by atoms with Gasteiger partial charge in [-0.3, -0.25) is 0 Å². The van der Waals surface area contributed by atoms with Crippen LogP contribution in [0.4, 0.5) is 0 Å². The van der Waals surface area contributed by atoms with Crippen molar-refractivity contribution in [2.24, 2.45) is 0 Å². The SMILES string of the molecule is CSC1(CNCc2cc(Cl)cc(Cl)c2O)CC1. The highest BCUT2D eigenvalue weighted by atomic mass is 35.5. The van der Waals surface area contributed by atoms with Crippen LogP contribution in [0.15, 0.2) is 12.1 Å². The summed E-state index contributed by atoms with van der Waals surface area (Å²) < 4.78 is 0.415. The number of nitrogens with one attached hydrogen (secondary N) is 1. The number of benzene rings is 1. The second kappa shape index (κ2) is 5.27. The fraction of sp³-hybridized carbons (Fsp3) is 0.500. The van der Waals surface area contributed by atoms with Crippen LogP contribution in [-0.4, -0.2) is 22.7 Å². The van der Waals surface area contributed by atoms with Gasteiger partial charge < -0.3 is 10.4 Å². The molecule has 1 aromatic rings. The Balaban J connectivity index is 1.95. The fourth-order valence-corrected chi connectivity index (χ4v) is 3.06. The highest BCUT2D eigenvalue weighted by Crippen LogP contribution is 2.46. The predicted octanol–water partition coefficient (Wildman–Crippen LogP) is 3.68. The van der Waals surface area contributed by atoms with Crippen molar-refractivity contribution in [3.05, 3.63) is 27.7 Å². The summed E-state index contributed by atoms with van der Waals surface area (Å²) in [6.45, 7) is 1.55. The maximum atomic E-state index is 9.79. The van der Waals surface area contributed by atoms with Gasteiger partial charge in [0.25, 0.3) is 0 Å². The number of phenols is 1. The molecular formula is C12H15Cl2NOS. The number of hydrogen-bond donors (Lipinski definition) is 2. The van der Waals surface area contributed by atoms with E-state index in [1.807, 2.05) is 11.8 Å². The Morgan fingerprint density at radius 1 is 1.41 bits per heavy atom. The minimum absolute atomic E-state index is 0.123. The maximum absolute atomic E-state index is 9.79. The number of halogens is 2. The molecule has 0 spiro atoms. The van der Waals surface area contributed by atoms with Gasteiger partial charge in [0.2, 0.25) is 0 Å². The molecule has 2 rings (SSSR count). The largest absolute Gasteiger partial charge is 0.506 e. The van der Waals surface area contributed by atoms with Crippen LogP contribution in [0, 0.1) is 0 Å². The van der Waals surface area contributed by atoms with Gasteiger partial charge in [-0.2, -0.15) is 11.8 Å². The third-order valence-electron chi connectivity index (χ3n) is 3.11. The van der Waals surface area contributed by atoms with Crippen LogP contribution in [0.25, 0.3) is 0 Å². The van der Waals surface area contributed by atoms with Crippen LogP contribution in [0.2, 0.25) is 10.0 Å². The molecule has 17 heavy (non-hydrogen) atoms. The highest BCUT2D eigenvalue weighted by Gasteiger charge is 2.41. The van der Waals surface area contributed by atoms with E-state index in [-0.39, 0.29) is 5.75 Å². The van der Waals surface area contributed by atoms with Crippen LogP contribution in [0.3, 0.4) is 0 Å². The van der Waals surface area contributed by atoms with Crippen molar-refractivity contribution in [3.63, 3.8) is 0 Å². The number of aromatic hydroxyl groups is 1. The van der Waals surface area contributed by atoms with Gasteiger partial charge in [0, 0.05) is 28.4 Å². The molecule has 0 aliphatic heterocycles. The van der Waals surface area contributed by atoms with Gasteiger partial charge in [-0.25, -0.2) is 0 Å². The van der Waals surface area contributed by atoms with Gasteiger partial charge >= 0.3 is 0 Å². The summed E-state index contributed by atoms with van der Waals surface area (Å²) in [4.78, 5) is 0. The van der Waals surface area contributed by atoms with Crippen LogP contribution in [0.1, 0.15) is 18.4 Å². The summed E-state index contributed by atoms with van der Waals surface area (Å²) in [6.07, 6.45) is 4.68. The van der Waals surface area contributed by atoms with E-state index in [0.29, 0.717) is 21.3 Å². The third-order valence-corrected chi connectivity index (χ3v) is 5.04. The molecule has 0 aromatic heterocycles. The molecule has 0 atom stereocenters. The van der Waals surface area contributed by atoms with E-state index >= 15 is 0 Å².